The highest BCUT2D eigenvalue weighted by Gasteiger charge is 2.17. The first-order chi connectivity index (χ1) is 12.8. The molecule has 0 unspecified atom stereocenters. The standard InChI is InChI=1S/C21H16N2O3/c1-25-18-8-3-2-6-16(18)17-7-4-5-14-13-19(26-20(14)17)21(24)23-15-9-11-22-12-10-15/h2-13H,1H3,(H,22,23,24). The van der Waals surface area contributed by atoms with Crippen molar-refractivity contribution in [3.8, 4) is 16.9 Å². The van der Waals surface area contributed by atoms with E-state index in [1.807, 2.05) is 42.5 Å². The summed E-state index contributed by atoms with van der Waals surface area (Å²) in [5.41, 5.74) is 3.10. The molecular weight excluding hydrogens is 328 g/mol. The van der Waals surface area contributed by atoms with Gasteiger partial charge in [0, 0.05) is 34.6 Å². The number of hydrogen-bond donors (Lipinski definition) is 1. The van der Waals surface area contributed by atoms with E-state index in [1.165, 1.54) is 0 Å². The third-order valence-corrected chi connectivity index (χ3v) is 4.10. The Kier molecular flexibility index (Phi) is 4.11. The fourth-order valence-electron chi connectivity index (χ4n) is 2.88. The number of pyridine rings is 1. The predicted octanol–water partition coefficient (Wildman–Crippen LogP) is 4.76. The molecule has 4 rings (SSSR count). The third-order valence-electron chi connectivity index (χ3n) is 4.10. The molecule has 0 bridgehead atoms. The van der Waals surface area contributed by atoms with Crippen molar-refractivity contribution in [3.05, 3.63) is 78.8 Å². The Labute approximate surface area is 150 Å². The molecule has 26 heavy (non-hydrogen) atoms. The molecule has 4 aromatic rings. The van der Waals surface area contributed by atoms with E-state index in [1.54, 1.807) is 37.7 Å². The van der Waals surface area contributed by atoms with Crippen LogP contribution in [0.25, 0.3) is 22.1 Å². The van der Waals surface area contributed by atoms with Crippen molar-refractivity contribution in [2.45, 2.75) is 0 Å². The fourth-order valence-corrected chi connectivity index (χ4v) is 2.88. The maximum Gasteiger partial charge on any atom is 0.291 e. The number of anilines is 1. The van der Waals surface area contributed by atoms with E-state index in [2.05, 4.69) is 10.3 Å². The van der Waals surface area contributed by atoms with Crippen molar-refractivity contribution in [2.75, 3.05) is 12.4 Å². The van der Waals surface area contributed by atoms with Gasteiger partial charge in [-0.3, -0.25) is 9.78 Å². The number of carbonyl (C=O) groups is 1. The lowest BCUT2D eigenvalue weighted by Gasteiger charge is -2.08. The lowest BCUT2D eigenvalue weighted by molar-refractivity contribution is 0.0999. The fraction of sp³-hybridized carbons (Fsp3) is 0.0476. The first-order valence-electron chi connectivity index (χ1n) is 8.13. The number of methoxy groups -OCH3 is 1. The van der Waals surface area contributed by atoms with E-state index >= 15 is 0 Å². The Morgan fingerprint density at radius 2 is 1.77 bits per heavy atom. The van der Waals surface area contributed by atoms with E-state index in [4.69, 9.17) is 9.15 Å². The molecule has 0 spiro atoms. The van der Waals surface area contributed by atoms with Crippen molar-refractivity contribution in [1.29, 1.82) is 0 Å². The maximum atomic E-state index is 12.5. The summed E-state index contributed by atoms with van der Waals surface area (Å²) in [6.07, 6.45) is 3.24. The molecule has 0 fully saturated rings. The number of nitrogens with one attached hydrogen (secondary N) is 1. The molecule has 0 saturated heterocycles. The number of carbonyl (C=O) groups excluding carboxylic acids is 1. The van der Waals surface area contributed by atoms with Crippen LogP contribution in [0.1, 0.15) is 10.6 Å². The molecule has 0 atom stereocenters. The Balaban J connectivity index is 1.75. The van der Waals surface area contributed by atoms with Gasteiger partial charge in [0.05, 0.1) is 7.11 Å². The van der Waals surface area contributed by atoms with Gasteiger partial charge in [-0.05, 0) is 24.3 Å². The number of nitrogens with zero attached hydrogens (tertiary/aromatic N) is 1. The summed E-state index contributed by atoms with van der Waals surface area (Å²) in [6.45, 7) is 0. The number of hydrogen-bond acceptors (Lipinski definition) is 4. The normalized spacial score (nSPS) is 10.7. The van der Waals surface area contributed by atoms with E-state index in [0.717, 1.165) is 22.3 Å². The molecule has 128 valence electrons. The number of benzene rings is 2. The van der Waals surface area contributed by atoms with Crippen molar-refractivity contribution >= 4 is 22.6 Å². The molecule has 2 heterocycles. The smallest absolute Gasteiger partial charge is 0.291 e. The lowest BCUT2D eigenvalue weighted by atomic mass is 10.0. The summed E-state index contributed by atoms with van der Waals surface area (Å²) >= 11 is 0. The zero-order chi connectivity index (χ0) is 17.9. The van der Waals surface area contributed by atoms with Gasteiger partial charge in [-0.15, -0.1) is 0 Å². The largest absolute Gasteiger partial charge is 0.496 e. The topological polar surface area (TPSA) is 64.4 Å². The van der Waals surface area contributed by atoms with Gasteiger partial charge in [0.15, 0.2) is 5.76 Å². The van der Waals surface area contributed by atoms with Crippen LogP contribution >= 0.6 is 0 Å². The Morgan fingerprint density at radius 1 is 1.00 bits per heavy atom. The first-order valence-corrected chi connectivity index (χ1v) is 8.13. The van der Waals surface area contributed by atoms with Crippen molar-refractivity contribution < 1.29 is 13.9 Å². The van der Waals surface area contributed by atoms with Crippen LogP contribution in [0, 0.1) is 0 Å². The van der Waals surface area contributed by atoms with Crippen LogP contribution in [0.3, 0.4) is 0 Å². The van der Waals surface area contributed by atoms with Gasteiger partial charge in [0.25, 0.3) is 5.91 Å². The van der Waals surface area contributed by atoms with Crippen molar-refractivity contribution in [1.82, 2.24) is 4.98 Å². The van der Waals surface area contributed by atoms with Gasteiger partial charge >= 0.3 is 0 Å². The number of ether oxygens (including phenoxy) is 1. The number of rotatable bonds is 4. The summed E-state index contributed by atoms with van der Waals surface area (Å²) in [7, 11) is 1.63. The second kappa shape index (κ2) is 6.72. The summed E-state index contributed by atoms with van der Waals surface area (Å²) in [6, 6.07) is 18.7. The van der Waals surface area contributed by atoms with Gasteiger partial charge in [-0.25, -0.2) is 0 Å². The van der Waals surface area contributed by atoms with Crippen molar-refractivity contribution in [3.63, 3.8) is 0 Å². The van der Waals surface area contributed by atoms with Crippen molar-refractivity contribution in [2.24, 2.45) is 0 Å². The van der Waals surface area contributed by atoms with Crippen LogP contribution in [0.4, 0.5) is 5.69 Å². The zero-order valence-electron chi connectivity index (χ0n) is 14.1. The van der Waals surface area contributed by atoms with E-state index in [-0.39, 0.29) is 11.7 Å². The Bertz CT molecular complexity index is 1070. The van der Waals surface area contributed by atoms with Crippen LogP contribution in [-0.4, -0.2) is 18.0 Å². The summed E-state index contributed by atoms with van der Waals surface area (Å²) in [4.78, 5) is 16.4. The van der Waals surface area contributed by atoms with Gasteiger partial charge in [0.1, 0.15) is 11.3 Å². The monoisotopic (exact) mass is 344 g/mol. The number of para-hydroxylation sites is 2. The number of fused-ring (bicyclic) bond motifs is 1. The molecule has 1 amide bonds. The molecule has 0 aliphatic heterocycles. The second-order valence-electron chi connectivity index (χ2n) is 5.72. The SMILES string of the molecule is COc1ccccc1-c1cccc2cc(C(=O)Nc3ccncc3)oc12. The van der Waals surface area contributed by atoms with Gasteiger partial charge < -0.3 is 14.5 Å². The second-order valence-corrected chi connectivity index (χ2v) is 5.72. The molecular formula is C21H16N2O3. The summed E-state index contributed by atoms with van der Waals surface area (Å²) in [5.74, 6) is 0.691. The van der Waals surface area contributed by atoms with Gasteiger partial charge in [-0.2, -0.15) is 0 Å². The van der Waals surface area contributed by atoms with Crippen LogP contribution in [0.15, 0.2) is 77.5 Å². The van der Waals surface area contributed by atoms with Crippen LogP contribution in [-0.2, 0) is 0 Å². The first kappa shape index (κ1) is 15.9. The minimum atomic E-state index is -0.307. The molecule has 5 heteroatoms. The average molecular weight is 344 g/mol. The molecule has 1 N–H and O–H groups in total. The number of amides is 1. The van der Waals surface area contributed by atoms with Gasteiger partial charge in [0.2, 0.25) is 0 Å². The van der Waals surface area contributed by atoms with E-state index < -0.39 is 0 Å². The predicted molar refractivity (Wildman–Crippen MR) is 100 cm³/mol. The molecule has 0 aliphatic carbocycles. The molecule has 2 aromatic heterocycles. The highest BCUT2D eigenvalue weighted by Crippen LogP contribution is 2.36. The summed E-state index contributed by atoms with van der Waals surface area (Å²) in [5, 5.41) is 3.66. The zero-order valence-corrected chi connectivity index (χ0v) is 14.1. The minimum absolute atomic E-state index is 0.249. The van der Waals surface area contributed by atoms with Crippen LogP contribution in [0.2, 0.25) is 0 Å². The quantitative estimate of drug-likeness (QED) is 0.580. The van der Waals surface area contributed by atoms with Crippen LogP contribution < -0.4 is 10.1 Å². The minimum Gasteiger partial charge on any atom is -0.496 e. The third kappa shape index (κ3) is 2.91. The highest BCUT2D eigenvalue weighted by molar-refractivity contribution is 6.06. The molecule has 5 nitrogen and oxygen atoms in total. The maximum absolute atomic E-state index is 12.5. The number of aromatic nitrogens is 1. The van der Waals surface area contributed by atoms with E-state index in [9.17, 15) is 4.79 Å². The Morgan fingerprint density at radius 3 is 2.58 bits per heavy atom. The Hall–Kier alpha value is -3.60. The average Bonchev–Trinajstić information content (AvgIpc) is 3.13. The molecule has 2 aromatic carbocycles. The lowest BCUT2D eigenvalue weighted by Crippen LogP contribution is -2.10. The molecule has 0 aliphatic rings. The molecule has 0 radical (unpaired) electrons. The molecule has 0 saturated carbocycles. The highest BCUT2D eigenvalue weighted by atomic mass is 16.5. The van der Waals surface area contributed by atoms with Gasteiger partial charge in [-0.1, -0.05) is 36.4 Å². The summed E-state index contributed by atoms with van der Waals surface area (Å²) < 4.78 is 11.4. The number of furan rings is 1. The van der Waals surface area contributed by atoms with Crippen LogP contribution in [0.5, 0.6) is 5.75 Å². The van der Waals surface area contributed by atoms with E-state index in [0.29, 0.717) is 11.3 Å².